The Morgan fingerprint density at radius 1 is 1.39 bits per heavy atom. The Bertz CT molecular complexity index is 417. The molecular weight excluding hydrogens is 234 g/mol. The van der Waals surface area contributed by atoms with Crippen molar-refractivity contribution in [2.45, 2.75) is 26.3 Å². The summed E-state index contributed by atoms with van der Waals surface area (Å²) in [6.45, 7) is 2.67. The third-order valence-electron chi connectivity index (χ3n) is 2.34. The van der Waals surface area contributed by atoms with Gasteiger partial charge < -0.3 is 15.2 Å². The zero-order valence-corrected chi connectivity index (χ0v) is 10.3. The first-order valence-electron chi connectivity index (χ1n) is 5.86. The van der Waals surface area contributed by atoms with E-state index in [1.54, 1.807) is 12.1 Å². The van der Waals surface area contributed by atoms with Gasteiger partial charge in [0.05, 0.1) is 12.2 Å². The SMILES string of the molecule is CCCCOC(=O)NCc1cccc(C(=O)O)c1. The van der Waals surface area contributed by atoms with Crippen molar-refractivity contribution >= 4 is 12.1 Å². The van der Waals surface area contributed by atoms with E-state index in [1.807, 2.05) is 6.92 Å². The number of nitrogens with one attached hydrogen (secondary N) is 1. The number of alkyl carbamates (subject to hydrolysis) is 1. The number of carbonyl (C=O) groups is 2. The molecule has 0 spiro atoms. The van der Waals surface area contributed by atoms with Crippen molar-refractivity contribution in [2.75, 3.05) is 6.61 Å². The highest BCUT2D eigenvalue weighted by atomic mass is 16.5. The average Bonchev–Trinajstić information content (AvgIpc) is 2.37. The highest BCUT2D eigenvalue weighted by Gasteiger charge is 2.05. The first-order chi connectivity index (χ1) is 8.63. The van der Waals surface area contributed by atoms with Crippen molar-refractivity contribution in [1.29, 1.82) is 0 Å². The van der Waals surface area contributed by atoms with Crippen LogP contribution in [0.25, 0.3) is 0 Å². The van der Waals surface area contributed by atoms with Crippen LogP contribution in [-0.4, -0.2) is 23.8 Å². The molecule has 18 heavy (non-hydrogen) atoms. The van der Waals surface area contributed by atoms with Crippen LogP contribution in [0.4, 0.5) is 4.79 Å². The van der Waals surface area contributed by atoms with Crippen molar-refractivity contribution < 1.29 is 19.4 Å². The summed E-state index contributed by atoms with van der Waals surface area (Å²) in [7, 11) is 0. The molecule has 1 rings (SSSR count). The number of unbranched alkanes of at least 4 members (excludes halogenated alkanes) is 1. The Labute approximate surface area is 106 Å². The molecule has 0 aromatic heterocycles. The van der Waals surface area contributed by atoms with Crippen LogP contribution in [0.2, 0.25) is 0 Å². The molecule has 5 nitrogen and oxygen atoms in total. The second-order valence-corrected chi connectivity index (χ2v) is 3.85. The molecular formula is C13H17NO4. The van der Waals surface area contributed by atoms with E-state index in [4.69, 9.17) is 9.84 Å². The minimum absolute atomic E-state index is 0.202. The zero-order valence-electron chi connectivity index (χ0n) is 10.3. The molecule has 1 aromatic carbocycles. The van der Waals surface area contributed by atoms with Crippen LogP contribution in [0.5, 0.6) is 0 Å². The maximum Gasteiger partial charge on any atom is 0.407 e. The van der Waals surface area contributed by atoms with E-state index < -0.39 is 12.1 Å². The van der Waals surface area contributed by atoms with Crippen molar-refractivity contribution in [2.24, 2.45) is 0 Å². The minimum atomic E-state index is -0.984. The normalized spacial score (nSPS) is 9.83. The molecule has 0 aliphatic heterocycles. The standard InChI is InChI=1S/C13H17NO4/c1-2-3-7-18-13(17)14-9-10-5-4-6-11(8-10)12(15)16/h4-6,8H,2-3,7,9H2,1H3,(H,14,17)(H,15,16). The van der Waals surface area contributed by atoms with Gasteiger partial charge >= 0.3 is 12.1 Å². The fourth-order valence-electron chi connectivity index (χ4n) is 1.35. The molecule has 0 fully saturated rings. The maximum atomic E-state index is 11.3. The summed E-state index contributed by atoms with van der Waals surface area (Å²) in [4.78, 5) is 22.0. The van der Waals surface area contributed by atoms with Crippen molar-refractivity contribution in [1.82, 2.24) is 5.32 Å². The lowest BCUT2D eigenvalue weighted by molar-refractivity contribution is 0.0696. The van der Waals surface area contributed by atoms with Crippen molar-refractivity contribution in [3.63, 3.8) is 0 Å². The summed E-state index contributed by atoms with van der Waals surface area (Å²) in [6, 6.07) is 6.42. The lowest BCUT2D eigenvalue weighted by Crippen LogP contribution is -2.24. The van der Waals surface area contributed by atoms with Gasteiger partial charge in [-0.05, 0) is 24.1 Å². The number of amides is 1. The van der Waals surface area contributed by atoms with Crippen LogP contribution in [0, 0.1) is 0 Å². The fraction of sp³-hybridized carbons (Fsp3) is 0.385. The number of carbonyl (C=O) groups excluding carboxylic acids is 1. The Morgan fingerprint density at radius 2 is 2.17 bits per heavy atom. The molecule has 0 atom stereocenters. The van der Waals surface area contributed by atoms with E-state index in [-0.39, 0.29) is 12.1 Å². The molecule has 0 aliphatic rings. The molecule has 5 heteroatoms. The van der Waals surface area contributed by atoms with Crippen LogP contribution >= 0.6 is 0 Å². The number of aromatic carboxylic acids is 1. The summed E-state index contributed by atoms with van der Waals surface area (Å²) in [5, 5.41) is 11.4. The van der Waals surface area contributed by atoms with Gasteiger partial charge in [-0.2, -0.15) is 0 Å². The predicted molar refractivity (Wildman–Crippen MR) is 66.5 cm³/mol. The topological polar surface area (TPSA) is 75.6 Å². The smallest absolute Gasteiger partial charge is 0.407 e. The zero-order chi connectivity index (χ0) is 13.4. The Morgan fingerprint density at radius 3 is 2.83 bits per heavy atom. The highest BCUT2D eigenvalue weighted by Crippen LogP contribution is 2.05. The number of carboxylic acids is 1. The van der Waals surface area contributed by atoms with Gasteiger partial charge in [0.25, 0.3) is 0 Å². The molecule has 0 unspecified atom stereocenters. The molecule has 0 saturated carbocycles. The summed E-state index contributed by atoms with van der Waals surface area (Å²) >= 11 is 0. The average molecular weight is 251 g/mol. The quantitative estimate of drug-likeness (QED) is 0.761. The molecule has 0 radical (unpaired) electrons. The Balaban J connectivity index is 2.41. The van der Waals surface area contributed by atoms with Gasteiger partial charge in [0.15, 0.2) is 0 Å². The second-order valence-electron chi connectivity index (χ2n) is 3.85. The molecule has 0 heterocycles. The van der Waals surface area contributed by atoms with Crippen molar-refractivity contribution in [3.8, 4) is 0 Å². The summed E-state index contributed by atoms with van der Waals surface area (Å²) in [5.41, 5.74) is 0.927. The fourth-order valence-corrected chi connectivity index (χ4v) is 1.35. The van der Waals surface area contributed by atoms with Gasteiger partial charge in [-0.15, -0.1) is 0 Å². The molecule has 1 aromatic rings. The molecule has 0 aliphatic carbocycles. The number of benzene rings is 1. The number of hydrogen-bond acceptors (Lipinski definition) is 3. The van der Waals surface area contributed by atoms with E-state index >= 15 is 0 Å². The van der Waals surface area contributed by atoms with Crippen LogP contribution in [0.15, 0.2) is 24.3 Å². The van der Waals surface area contributed by atoms with Gasteiger partial charge in [0.1, 0.15) is 0 Å². The van der Waals surface area contributed by atoms with E-state index in [9.17, 15) is 9.59 Å². The highest BCUT2D eigenvalue weighted by molar-refractivity contribution is 5.87. The van der Waals surface area contributed by atoms with E-state index in [1.165, 1.54) is 12.1 Å². The van der Waals surface area contributed by atoms with Crippen LogP contribution in [0.1, 0.15) is 35.7 Å². The number of hydrogen-bond donors (Lipinski definition) is 2. The van der Waals surface area contributed by atoms with Crippen LogP contribution in [-0.2, 0) is 11.3 Å². The third kappa shape index (κ3) is 4.86. The summed E-state index contributed by atoms with van der Waals surface area (Å²) in [6.07, 6.45) is 1.32. The predicted octanol–water partition coefficient (Wildman–Crippen LogP) is 2.41. The molecule has 1 amide bonds. The van der Waals surface area contributed by atoms with E-state index in [2.05, 4.69) is 5.32 Å². The van der Waals surface area contributed by atoms with Gasteiger partial charge in [-0.3, -0.25) is 0 Å². The number of carboxylic acid groups (broad SMARTS) is 1. The van der Waals surface area contributed by atoms with Crippen molar-refractivity contribution in [3.05, 3.63) is 35.4 Å². The first-order valence-corrected chi connectivity index (χ1v) is 5.86. The largest absolute Gasteiger partial charge is 0.478 e. The second kappa shape index (κ2) is 7.32. The lowest BCUT2D eigenvalue weighted by atomic mass is 10.1. The van der Waals surface area contributed by atoms with Crippen LogP contribution in [0.3, 0.4) is 0 Å². The van der Waals surface area contributed by atoms with Gasteiger partial charge in [-0.25, -0.2) is 9.59 Å². The Kier molecular flexibility index (Phi) is 5.70. The molecule has 2 N–H and O–H groups in total. The summed E-state index contributed by atoms with van der Waals surface area (Å²) in [5.74, 6) is -0.984. The van der Waals surface area contributed by atoms with Gasteiger partial charge in [0, 0.05) is 6.54 Å². The van der Waals surface area contributed by atoms with E-state index in [0.717, 1.165) is 18.4 Å². The number of ether oxygens (including phenoxy) is 1. The first kappa shape index (κ1) is 14.0. The van der Waals surface area contributed by atoms with Gasteiger partial charge in [0.2, 0.25) is 0 Å². The molecule has 0 bridgehead atoms. The summed E-state index contributed by atoms with van der Waals surface area (Å²) < 4.78 is 4.92. The minimum Gasteiger partial charge on any atom is -0.478 e. The Hall–Kier alpha value is -2.04. The van der Waals surface area contributed by atoms with E-state index in [0.29, 0.717) is 6.61 Å². The third-order valence-corrected chi connectivity index (χ3v) is 2.34. The van der Waals surface area contributed by atoms with Crippen LogP contribution < -0.4 is 5.32 Å². The lowest BCUT2D eigenvalue weighted by Gasteiger charge is -2.07. The monoisotopic (exact) mass is 251 g/mol. The number of rotatable bonds is 6. The molecule has 98 valence electrons. The molecule has 0 saturated heterocycles. The van der Waals surface area contributed by atoms with Gasteiger partial charge in [-0.1, -0.05) is 25.5 Å². The maximum absolute atomic E-state index is 11.3.